The largest absolute Gasteiger partial charge is 0.396 e. The van der Waals surface area contributed by atoms with Crippen LogP contribution in [0.4, 0.5) is 5.69 Å². The van der Waals surface area contributed by atoms with Crippen LogP contribution in [0, 0.1) is 11.8 Å². The highest BCUT2D eigenvalue weighted by atomic mass is 35.5. The van der Waals surface area contributed by atoms with Gasteiger partial charge in [-0.15, -0.1) is 0 Å². The van der Waals surface area contributed by atoms with Crippen molar-refractivity contribution < 1.29 is 0 Å². The summed E-state index contributed by atoms with van der Waals surface area (Å²) in [6.45, 7) is 0. The minimum absolute atomic E-state index is 0.389. The SMILES string of the molecule is Nc1c(Cl)cc(C#CCS)cc1Cl. The van der Waals surface area contributed by atoms with E-state index in [-0.39, 0.29) is 0 Å². The van der Waals surface area contributed by atoms with E-state index in [0.717, 1.165) is 5.56 Å². The Morgan fingerprint density at radius 3 is 2.31 bits per heavy atom. The summed E-state index contributed by atoms with van der Waals surface area (Å²) in [6, 6.07) is 3.36. The van der Waals surface area contributed by atoms with Gasteiger partial charge in [-0.2, -0.15) is 12.6 Å². The Hall–Kier alpha value is -0.490. The van der Waals surface area contributed by atoms with Crippen molar-refractivity contribution in [1.29, 1.82) is 0 Å². The summed E-state index contributed by atoms with van der Waals surface area (Å²) in [7, 11) is 0. The molecule has 1 aromatic rings. The van der Waals surface area contributed by atoms with Gasteiger partial charge in [-0.05, 0) is 12.1 Å². The molecule has 13 heavy (non-hydrogen) atoms. The fraction of sp³-hybridized carbons (Fsp3) is 0.111. The molecule has 0 atom stereocenters. The summed E-state index contributed by atoms with van der Waals surface area (Å²) in [6.07, 6.45) is 0. The molecule has 0 saturated carbocycles. The number of halogens is 2. The molecule has 0 fully saturated rings. The summed E-state index contributed by atoms with van der Waals surface area (Å²) in [4.78, 5) is 0. The van der Waals surface area contributed by atoms with Crippen LogP contribution in [0.25, 0.3) is 0 Å². The lowest BCUT2D eigenvalue weighted by molar-refractivity contribution is 1.63. The van der Waals surface area contributed by atoms with Gasteiger partial charge in [-0.3, -0.25) is 0 Å². The maximum absolute atomic E-state index is 5.80. The van der Waals surface area contributed by atoms with Gasteiger partial charge in [0.05, 0.1) is 21.5 Å². The molecule has 0 amide bonds. The van der Waals surface area contributed by atoms with E-state index in [1.165, 1.54) is 0 Å². The van der Waals surface area contributed by atoms with E-state index in [4.69, 9.17) is 28.9 Å². The first-order chi connectivity index (χ1) is 6.15. The van der Waals surface area contributed by atoms with Crippen LogP contribution in [-0.2, 0) is 0 Å². The van der Waals surface area contributed by atoms with E-state index in [1.807, 2.05) is 0 Å². The van der Waals surface area contributed by atoms with Gasteiger partial charge < -0.3 is 5.73 Å². The lowest BCUT2D eigenvalue weighted by atomic mass is 10.2. The Balaban J connectivity index is 3.13. The molecule has 1 aromatic carbocycles. The minimum atomic E-state index is 0.389. The molecule has 0 aliphatic rings. The number of hydrogen-bond acceptors (Lipinski definition) is 2. The standard InChI is InChI=1S/C9H7Cl2NS/c10-7-4-6(2-1-3-13)5-8(11)9(7)12/h4-5,13H,3,12H2. The highest BCUT2D eigenvalue weighted by molar-refractivity contribution is 7.80. The second-order valence-corrected chi connectivity index (χ2v) is 3.44. The quantitative estimate of drug-likeness (QED) is 0.401. The molecular formula is C9H7Cl2NS. The van der Waals surface area contributed by atoms with Crippen molar-refractivity contribution in [3.63, 3.8) is 0 Å². The normalized spacial score (nSPS) is 9.15. The number of hydrogen-bond donors (Lipinski definition) is 2. The van der Waals surface area contributed by atoms with E-state index in [0.29, 0.717) is 21.5 Å². The molecule has 1 rings (SSSR count). The van der Waals surface area contributed by atoms with Crippen LogP contribution in [-0.4, -0.2) is 5.75 Å². The Bertz CT molecular complexity index is 356. The monoisotopic (exact) mass is 231 g/mol. The molecule has 0 spiro atoms. The van der Waals surface area contributed by atoms with Crippen molar-refractivity contribution >= 4 is 41.5 Å². The fourth-order valence-corrected chi connectivity index (χ4v) is 1.36. The van der Waals surface area contributed by atoms with Crippen LogP contribution in [0.5, 0.6) is 0 Å². The smallest absolute Gasteiger partial charge is 0.0693 e. The highest BCUT2D eigenvalue weighted by Gasteiger charge is 2.02. The number of nitrogen functional groups attached to an aromatic ring is 1. The van der Waals surface area contributed by atoms with Crippen LogP contribution < -0.4 is 5.73 Å². The molecule has 1 nitrogen and oxygen atoms in total. The van der Waals surface area contributed by atoms with Crippen molar-refractivity contribution in [2.24, 2.45) is 0 Å². The predicted molar refractivity (Wildman–Crippen MR) is 61.6 cm³/mol. The fourth-order valence-electron chi connectivity index (χ4n) is 0.798. The van der Waals surface area contributed by atoms with Gasteiger partial charge in [-0.25, -0.2) is 0 Å². The summed E-state index contributed by atoms with van der Waals surface area (Å²) >= 11 is 15.6. The van der Waals surface area contributed by atoms with Crippen molar-refractivity contribution in [1.82, 2.24) is 0 Å². The molecule has 2 N–H and O–H groups in total. The van der Waals surface area contributed by atoms with Gasteiger partial charge in [0.1, 0.15) is 0 Å². The summed E-state index contributed by atoms with van der Waals surface area (Å²) in [5.41, 5.74) is 6.69. The Morgan fingerprint density at radius 2 is 1.85 bits per heavy atom. The van der Waals surface area contributed by atoms with Crippen LogP contribution >= 0.6 is 35.8 Å². The van der Waals surface area contributed by atoms with E-state index < -0.39 is 0 Å². The lowest BCUT2D eigenvalue weighted by Gasteiger charge is -2.00. The Morgan fingerprint density at radius 1 is 1.31 bits per heavy atom. The second kappa shape index (κ2) is 4.66. The Kier molecular flexibility index (Phi) is 3.80. The molecule has 0 aliphatic heterocycles. The van der Waals surface area contributed by atoms with Crippen LogP contribution in [0.2, 0.25) is 10.0 Å². The minimum Gasteiger partial charge on any atom is -0.396 e. The van der Waals surface area contributed by atoms with E-state index in [9.17, 15) is 0 Å². The van der Waals surface area contributed by atoms with Gasteiger partial charge in [-0.1, -0.05) is 35.0 Å². The van der Waals surface area contributed by atoms with Gasteiger partial charge in [0, 0.05) is 5.56 Å². The van der Waals surface area contributed by atoms with E-state index in [1.54, 1.807) is 12.1 Å². The van der Waals surface area contributed by atoms with E-state index in [2.05, 4.69) is 24.5 Å². The molecule has 68 valence electrons. The number of anilines is 1. The third-order valence-electron chi connectivity index (χ3n) is 1.39. The zero-order valence-corrected chi connectivity index (χ0v) is 9.05. The third kappa shape index (κ3) is 2.73. The highest BCUT2D eigenvalue weighted by Crippen LogP contribution is 2.28. The van der Waals surface area contributed by atoms with Crippen molar-refractivity contribution in [2.75, 3.05) is 11.5 Å². The maximum atomic E-state index is 5.80. The number of nitrogens with two attached hydrogens (primary N) is 1. The zero-order valence-electron chi connectivity index (χ0n) is 6.64. The zero-order chi connectivity index (χ0) is 9.84. The topological polar surface area (TPSA) is 26.0 Å². The van der Waals surface area contributed by atoms with Crippen molar-refractivity contribution in [3.8, 4) is 11.8 Å². The molecule has 0 heterocycles. The van der Waals surface area contributed by atoms with Crippen molar-refractivity contribution in [2.45, 2.75) is 0 Å². The van der Waals surface area contributed by atoms with Crippen LogP contribution in [0.15, 0.2) is 12.1 Å². The van der Waals surface area contributed by atoms with Crippen molar-refractivity contribution in [3.05, 3.63) is 27.7 Å². The summed E-state index contributed by atoms with van der Waals surface area (Å²) < 4.78 is 0. The number of thiol groups is 1. The van der Waals surface area contributed by atoms with Gasteiger partial charge in [0.15, 0.2) is 0 Å². The molecule has 0 saturated heterocycles. The first-order valence-corrected chi connectivity index (χ1v) is 4.88. The molecule has 4 heteroatoms. The molecule has 0 radical (unpaired) electrons. The Labute approximate surface area is 92.6 Å². The molecule has 0 aromatic heterocycles. The third-order valence-corrected chi connectivity index (χ3v) is 2.17. The second-order valence-electron chi connectivity index (χ2n) is 2.31. The van der Waals surface area contributed by atoms with Gasteiger partial charge in [0.25, 0.3) is 0 Å². The van der Waals surface area contributed by atoms with Gasteiger partial charge in [0.2, 0.25) is 0 Å². The maximum Gasteiger partial charge on any atom is 0.0693 e. The molecule has 0 aliphatic carbocycles. The van der Waals surface area contributed by atoms with Crippen LogP contribution in [0.1, 0.15) is 5.56 Å². The average Bonchev–Trinajstić information content (AvgIpc) is 2.10. The first-order valence-electron chi connectivity index (χ1n) is 3.49. The van der Waals surface area contributed by atoms with Crippen LogP contribution in [0.3, 0.4) is 0 Å². The first kappa shape index (κ1) is 10.6. The predicted octanol–water partition coefficient (Wildman–Crippen LogP) is 2.86. The summed E-state index contributed by atoms with van der Waals surface area (Å²) in [5.74, 6) is 6.15. The molecule has 0 unspecified atom stereocenters. The summed E-state index contributed by atoms with van der Waals surface area (Å²) in [5, 5.41) is 0.854. The van der Waals surface area contributed by atoms with E-state index >= 15 is 0 Å². The van der Waals surface area contributed by atoms with Gasteiger partial charge >= 0.3 is 0 Å². The molecule has 0 bridgehead atoms. The number of rotatable bonds is 0. The number of benzene rings is 1. The average molecular weight is 232 g/mol. The lowest BCUT2D eigenvalue weighted by Crippen LogP contribution is -1.88. The molecular weight excluding hydrogens is 225 g/mol.